The van der Waals surface area contributed by atoms with Gasteiger partial charge in [-0.15, -0.1) is 0 Å². The number of aromatic amines is 1. The van der Waals surface area contributed by atoms with Gasteiger partial charge in [0.15, 0.2) is 5.82 Å². The van der Waals surface area contributed by atoms with Gasteiger partial charge >= 0.3 is 0 Å². The van der Waals surface area contributed by atoms with Crippen LogP contribution in [-0.2, 0) is 16.6 Å². The van der Waals surface area contributed by atoms with Crippen LogP contribution in [-0.4, -0.2) is 21.1 Å². The zero-order valence-electron chi connectivity index (χ0n) is 9.89. The molecular weight excluding hydrogens is 228 g/mol. The highest BCUT2D eigenvalue weighted by atomic mass is 16.1. The van der Waals surface area contributed by atoms with Crippen molar-refractivity contribution in [1.29, 1.82) is 0 Å². The summed E-state index contributed by atoms with van der Waals surface area (Å²) in [6.07, 6.45) is 2.19. The largest absolute Gasteiger partial charge is 0.369 e. The van der Waals surface area contributed by atoms with E-state index in [1.165, 1.54) is 0 Å². The number of H-pyrrole nitrogens is 1. The highest BCUT2D eigenvalue weighted by Gasteiger charge is 2.53. The highest BCUT2D eigenvalue weighted by Crippen LogP contribution is 2.46. The molecule has 1 heterocycles. The third-order valence-corrected chi connectivity index (χ3v) is 3.40. The molecule has 5 heteroatoms. The molecule has 0 aliphatic heterocycles. The summed E-state index contributed by atoms with van der Waals surface area (Å²) in [5, 5.41) is 7.02. The van der Waals surface area contributed by atoms with Gasteiger partial charge in [0.2, 0.25) is 5.91 Å². The minimum absolute atomic E-state index is 0.326. The number of carbonyl (C=O) groups is 1. The van der Waals surface area contributed by atoms with E-state index in [4.69, 9.17) is 5.73 Å². The fourth-order valence-corrected chi connectivity index (χ4v) is 2.08. The standard InChI is InChI=1S/C13H14N4O/c14-11(18)13(6-7-13)12-15-10(16-17-12)8-9-4-2-1-3-5-9/h1-5H,6-8H2,(H2,14,18)(H,15,16,17). The number of hydrogen-bond donors (Lipinski definition) is 2. The topological polar surface area (TPSA) is 84.7 Å². The van der Waals surface area contributed by atoms with Crippen molar-refractivity contribution < 1.29 is 4.79 Å². The summed E-state index contributed by atoms with van der Waals surface area (Å²) >= 11 is 0. The Kier molecular flexibility index (Phi) is 2.40. The summed E-state index contributed by atoms with van der Waals surface area (Å²) in [5.41, 5.74) is 5.94. The second-order valence-corrected chi connectivity index (χ2v) is 4.71. The quantitative estimate of drug-likeness (QED) is 0.835. The molecule has 0 radical (unpaired) electrons. The van der Waals surface area contributed by atoms with Crippen LogP contribution in [0, 0.1) is 0 Å². The van der Waals surface area contributed by atoms with Gasteiger partial charge in [-0.1, -0.05) is 30.3 Å². The molecule has 1 aromatic carbocycles. The first-order valence-electron chi connectivity index (χ1n) is 5.96. The first-order chi connectivity index (χ1) is 8.71. The average Bonchev–Trinajstić information content (AvgIpc) is 3.07. The minimum Gasteiger partial charge on any atom is -0.369 e. The second kappa shape index (κ2) is 3.94. The van der Waals surface area contributed by atoms with Crippen LogP contribution in [0.25, 0.3) is 0 Å². The monoisotopic (exact) mass is 242 g/mol. The van der Waals surface area contributed by atoms with E-state index in [0.29, 0.717) is 12.2 Å². The van der Waals surface area contributed by atoms with E-state index in [-0.39, 0.29) is 5.91 Å². The van der Waals surface area contributed by atoms with Crippen molar-refractivity contribution in [3.63, 3.8) is 0 Å². The van der Waals surface area contributed by atoms with Crippen LogP contribution in [0.15, 0.2) is 30.3 Å². The van der Waals surface area contributed by atoms with Crippen LogP contribution in [0.2, 0.25) is 0 Å². The van der Waals surface area contributed by atoms with Gasteiger partial charge in [0.05, 0.1) is 0 Å². The van der Waals surface area contributed by atoms with Crippen LogP contribution in [0.3, 0.4) is 0 Å². The van der Waals surface area contributed by atoms with E-state index in [9.17, 15) is 4.79 Å². The molecule has 1 aliphatic rings. The smallest absolute Gasteiger partial charge is 0.231 e. The van der Waals surface area contributed by atoms with Gasteiger partial charge in [-0.2, -0.15) is 5.10 Å². The predicted molar refractivity (Wildman–Crippen MR) is 65.7 cm³/mol. The number of nitrogens with zero attached hydrogens (tertiary/aromatic N) is 2. The van der Waals surface area contributed by atoms with Gasteiger partial charge in [-0.05, 0) is 18.4 Å². The number of carbonyl (C=O) groups excluding carboxylic acids is 1. The van der Waals surface area contributed by atoms with Gasteiger partial charge in [-0.25, -0.2) is 4.98 Å². The maximum absolute atomic E-state index is 11.4. The van der Waals surface area contributed by atoms with Crippen molar-refractivity contribution in [1.82, 2.24) is 15.2 Å². The second-order valence-electron chi connectivity index (χ2n) is 4.71. The minimum atomic E-state index is -0.606. The lowest BCUT2D eigenvalue weighted by atomic mass is 10.1. The first-order valence-corrected chi connectivity index (χ1v) is 5.96. The maximum Gasteiger partial charge on any atom is 0.231 e. The Balaban J connectivity index is 1.81. The molecule has 3 N–H and O–H groups in total. The van der Waals surface area contributed by atoms with E-state index in [2.05, 4.69) is 15.2 Å². The van der Waals surface area contributed by atoms with Crippen LogP contribution in [0.5, 0.6) is 0 Å². The molecule has 0 atom stereocenters. The third-order valence-electron chi connectivity index (χ3n) is 3.40. The van der Waals surface area contributed by atoms with Crippen LogP contribution >= 0.6 is 0 Å². The molecular formula is C13H14N4O. The van der Waals surface area contributed by atoms with Gasteiger partial charge in [0.1, 0.15) is 11.2 Å². The Morgan fingerprint density at radius 1 is 1.33 bits per heavy atom. The molecule has 1 aromatic heterocycles. The summed E-state index contributed by atoms with van der Waals surface area (Å²) in [6.45, 7) is 0. The third kappa shape index (κ3) is 1.77. The molecule has 3 rings (SSSR count). The van der Waals surface area contributed by atoms with E-state index >= 15 is 0 Å². The first kappa shape index (κ1) is 11.0. The van der Waals surface area contributed by atoms with Crippen LogP contribution < -0.4 is 5.73 Å². The average molecular weight is 242 g/mol. The normalized spacial score (nSPS) is 16.4. The number of nitrogens with two attached hydrogens (primary N) is 1. The zero-order chi connectivity index (χ0) is 12.6. The molecule has 1 aliphatic carbocycles. The van der Waals surface area contributed by atoms with Crippen LogP contribution in [0.4, 0.5) is 0 Å². The highest BCUT2D eigenvalue weighted by molar-refractivity contribution is 5.88. The van der Waals surface area contributed by atoms with Crippen molar-refractivity contribution in [2.45, 2.75) is 24.7 Å². The lowest BCUT2D eigenvalue weighted by Crippen LogP contribution is -2.29. The lowest BCUT2D eigenvalue weighted by Gasteiger charge is -2.03. The molecule has 2 aromatic rings. The Morgan fingerprint density at radius 2 is 2.06 bits per heavy atom. The number of amides is 1. The van der Waals surface area contributed by atoms with Crippen molar-refractivity contribution in [3.8, 4) is 0 Å². The van der Waals surface area contributed by atoms with E-state index in [1.807, 2.05) is 30.3 Å². The number of aromatic nitrogens is 3. The fourth-order valence-electron chi connectivity index (χ4n) is 2.08. The lowest BCUT2D eigenvalue weighted by molar-refractivity contribution is -0.120. The Morgan fingerprint density at radius 3 is 2.67 bits per heavy atom. The van der Waals surface area contributed by atoms with E-state index in [0.717, 1.165) is 24.2 Å². The molecule has 1 amide bonds. The predicted octanol–water partition coefficient (Wildman–Crippen LogP) is 0.912. The van der Waals surface area contributed by atoms with Gasteiger partial charge < -0.3 is 5.73 Å². The number of hydrogen-bond acceptors (Lipinski definition) is 3. The summed E-state index contributed by atoms with van der Waals surface area (Å²) in [6, 6.07) is 10.0. The van der Waals surface area contributed by atoms with Crippen molar-refractivity contribution >= 4 is 5.91 Å². The van der Waals surface area contributed by atoms with Crippen molar-refractivity contribution in [2.75, 3.05) is 0 Å². The van der Waals surface area contributed by atoms with Gasteiger partial charge in [0.25, 0.3) is 0 Å². The summed E-state index contributed by atoms with van der Waals surface area (Å²) in [5.74, 6) is 0.984. The van der Waals surface area contributed by atoms with Crippen LogP contribution in [0.1, 0.15) is 30.1 Å². The summed E-state index contributed by atoms with van der Waals surface area (Å²) in [7, 11) is 0. The number of nitrogens with one attached hydrogen (secondary N) is 1. The molecule has 0 saturated heterocycles. The Hall–Kier alpha value is -2.17. The van der Waals surface area contributed by atoms with Gasteiger partial charge in [0, 0.05) is 6.42 Å². The van der Waals surface area contributed by atoms with E-state index in [1.54, 1.807) is 0 Å². The molecule has 92 valence electrons. The molecule has 1 saturated carbocycles. The molecule has 0 bridgehead atoms. The molecule has 0 unspecified atom stereocenters. The summed E-state index contributed by atoms with van der Waals surface area (Å²) in [4.78, 5) is 15.8. The summed E-state index contributed by atoms with van der Waals surface area (Å²) < 4.78 is 0. The Bertz CT molecular complexity index is 572. The molecule has 18 heavy (non-hydrogen) atoms. The Labute approximate surface area is 104 Å². The number of benzene rings is 1. The zero-order valence-corrected chi connectivity index (χ0v) is 9.89. The SMILES string of the molecule is NC(=O)C1(c2n[nH]c(Cc3ccccc3)n2)CC1. The maximum atomic E-state index is 11.4. The van der Waals surface area contributed by atoms with Crippen molar-refractivity contribution in [3.05, 3.63) is 47.5 Å². The fraction of sp³-hybridized carbons (Fsp3) is 0.308. The number of primary amides is 1. The van der Waals surface area contributed by atoms with Gasteiger partial charge in [-0.3, -0.25) is 9.89 Å². The number of rotatable bonds is 4. The van der Waals surface area contributed by atoms with Crippen molar-refractivity contribution in [2.24, 2.45) is 5.73 Å². The molecule has 1 fully saturated rings. The molecule has 5 nitrogen and oxygen atoms in total. The van der Waals surface area contributed by atoms with E-state index < -0.39 is 5.41 Å². The molecule has 0 spiro atoms.